The molecule has 2 rings (SSSR count). The third kappa shape index (κ3) is 9.37. The van der Waals surface area contributed by atoms with Crippen molar-refractivity contribution in [3.05, 3.63) is 46.5 Å². The zero-order chi connectivity index (χ0) is 29.8. The number of azo groups is 1. The Morgan fingerprint density at radius 3 is 1.90 bits per heavy atom. The van der Waals surface area contributed by atoms with Crippen LogP contribution >= 0.6 is 11.6 Å². The maximum Gasteiger partial charge on any atom is 0.308 e. The predicted molar refractivity (Wildman–Crippen MR) is 150 cm³/mol. The second-order valence-corrected chi connectivity index (χ2v) is 9.72. The van der Waals surface area contributed by atoms with Gasteiger partial charge in [0.1, 0.15) is 36.7 Å². The number of carbonyl (C=O) groups is 3. The number of carbonyl (C=O) groups excluding carboxylic acids is 3. The second kappa shape index (κ2) is 15.2. The average molecular weight is 567 g/mol. The van der Waals surface area contributed by atoms with Crippen LogP contribution in [0.5, 0.6) is 0 Å². The molecular weight excluding hydrogens is 536 g/mol. The number of nitrogens with one attached hydrogen (secondary N) is 1. The van der Waals surface area contributed by atoms with Gasteiger partial charge in [0.2, 0.25) is 5.91 Å². The summed E-state index contributed by atoms with van der Waals surface area (Å²) in [4.78, 5) is 37.7. The lowest BCUT2D eigenvalue weighted by molar-refractivity contribution is -0.147. The number of amides is 1. The first-order valence-electron chi connectivity index (χ1n) is 12.5. The van der Waals surface area contributed by atoms with Gasteiger partial charge in [-0.15, -0.1) is 10.2 Å². The van der Waals surface area contributed by atoms with E-state index in [-0.39, 0.29) is 70.4 Å². The monoisotopic (exact) mass is 566 g/mol. The summed E-state index contributed by atoms with van der Waals surface area (Å²) in [7, 11) is 0. The summed E-state index contributed by atoms with van der Waals surface area (Å²) in [6.07, 6.45) is 0. The predicted octanol–water partition coefficient (Wildman–Crippen LogP) is 5.66. The minimum atomic E-state index is -0.362. The van der Waals surface area contributed by atoms with Gasteiger partial charge >= 0.3 is 11.9 Å². The molecule has 1 amide bonds. The van der Waals surface area contributed by atoms with Gasteiger partial charge in [-0.3, -0.25) is 14.4 Å². The highest BCUT2D eigenvalue weighted by atomic mass is 35.5. The zero-order valence-corrected chi connectivity index (χ0v) is 23.8. The zero-order valence-electron chi connectivity index (χ0n) is 23.0. The van der Waals surface area contributed by atoms with Crippen LogP contribution in [-0.4, -0.2) is 44.1 Å². The smallest absolute Gasteiger partial charge is 0.308 e. The lowest BCUT2D eigenvalue weighted by Gasteiger charge is -2.26. The molecule has 210 valence electrons. The van der Waals surface area contributed by atoms with Crippen LogP contribution in [0.15, 0.2) is 40.6 Å². The molecule has 40 heavy (non-hydrogen) atoms. The molecular formula is C28H31ClN6O5. The van der Waals surface area contributed by atoms with Crippen molar-refractivity contribution in [2.24, 2.45) is 22.1 Å². The van der Waals surface area contributed by atoms with Crippen LogP contribution in [0.25, 0.3) is 0 Å². The number of halogens is 1. The maximum atomic E-state index is 12.0. The van der Waals surface area contributed by atoms with Crippen LogP contribution in [0, 0.1) is 34.5 Å². The SMILES string of the molecule is CC(=O)Nc1cc(N(CCOC(=O)C(C)C)CCOC(=O)C(C)C)ccc1N=Nc1c(C#N)cc(Cl)cc1C#N. The number of benzene rings is 2. The number of ether oxygens (including phenoxy) is 2. The molecule has 12 heteroatoms. The molecule has 0 unspecified atom stereocenters. The molecule has 0 aliphatic rings. The molecule has 0 spiro atoms. The van der Waals surface area contributed by atoms with Crippen molar-refractivity contribution in [3.63, 3.8) is 0 Å². The van der Waals surface area contributed by atoms with Crippen LogP contribution < -0.4 is 10.2 Å². The molecule has 0 radical (unpaired) electrons. The topological polar surface area (TPSA) is 157 Å². The number of hydrogen-bond donors (Lipinski definition) is 1. The van der Waals surface area contributed by atoms with Crippen LogP contribution in [0.2, 0.25) is 5.02 Å². The molecule has 0 saturated carbocycles. The van der Waals surface area contributed by atoms with E-state index in [1.165, 1.54) is 19.1 Å². The van der Waals surface area contributed by atoms with E-state index in [2.05, 4.69) is 15.5 Å². The fourth-order valence-electron chi connectivity index (χ4n) is 3.30. The van der Waals surface area contributed by atoms with Gasteiger partial charge in [-0.05, 0) is 30.3 Å². The van der Waals surface area contributed by atoms with Crippen molar-refractivity contribution in [2.45, 2.75) is 34.6 Å². The lowest BCUT2D eigenvalue weighted by Crippen LogP contribution is -2.33. The largest absolute Gasteiger partial charge is 0.464 e. The Bertz CT molecular complexity index is 1300. The normalized spacial score (nSPS) is 10.8. The maximum absolute atomic E-state index is 12.0. The minimum absolute atomic E-state index is 0.0489. The Hall–Kier alpha value is -4.48. The van der Waals surface area contributed by atoms with Crippen molar-refractivity contribution < 1.29 is 23.9 Å². The highest BCUT2D eigenvalue weighted by molar-refractivity contribution is 6.31. The first-order chi connectivity index (χ1) is 19.0. The highest BCUT2D eigenvalue weighted by Gasteiger charge is 2.16. The van der Waals surface area contributed by atoms with E-state index in [1.54, 1.807) is 45.9 Å². The number of anilines is 2. The molecule has 0 heterocycles. The van der Waals surface area contributed by atoms with Crippen LogP contribution in [0.1, 0.15) is 45.7 Å². The van der Waals surface area contributed by atoms with Crippen molar-refractivity contribution in [2.75, 3.05) is 36.5 Å². The third-order valence-corrected chi connectivity index (χ3v) is 5.60. The number of nitriles is 2. The Morgan fingerprint density at radius 1 is 0.925 bits per heavy atom. The first-order valence-corrected chi connectivity index (χ1v) is 12.9. The van der Waals surface area contributed by atoms with Gasteiger partial charge < -0.3 is 19.7 Å². The molecule has 0 saturated heterocycles. The summed E-state index contributed by atoms with van der Waals surface area (Å²) in [5.41, 5.74) is 1.40. The highest BCUT2D eigenvalue weighted by Crippen LogP contribution is 2.34. The molecule has 0 atom stereocenters. The average Bonchev–Trinajstić information content (AvgIpc) is 2.90. The summed E-state index contributed by atoms with van der Waals surface area (Å²) in [6.45, 7) is 9.06. The van der Waals surface area contributed by atoms with Gasteiger partial charge in [-0.1, -0.05) is 39.3 Å². The van der Waals surface area contributed by atoms with Crippen LogP contribution in [-0.2, 0) is 23.9 Å². The summed E-state index contributed by atoms with van der Waals surface area (Å²) < 4.78 is 10.7. The molecule has 2 aromatic rings. The van der Waals surface area contributed by atoms with Gasteiger partial charge in [-0.2, -0.15) is 10.5 Å². The summed E-state index contributed by atoms with van der Waals surface area (Å²) in [5.74, 6) is -1.59. The van der Waals surface area contributed by atoms with Crippen LogP contribution in [0.4, 0.5) is 22.7 Å². The van der Waals surface area contributed by atoms with Crippen LogP contribution in [0.3, 0.4) is 0 Å². The van der Waals surface area contributed by atoms with E-state index in [1.807, 2.05) is 17.0 Å². The standard InChI is InChI=1S/C28H31ClN6O5/c1-17(2)27(37)39-10-8-35(9-11-40-28(38)18(3)4)23-6-7-24(25(14-23)32-19(5)36)33-34-26-20(15-30)12-22(29)13-21(26)16-31/h6-7,12-14,17-18H,8-11H2,1-5H3,(H,32,36). The quantitative estimate of drug-likeness (QED) is 0.254. The number of hydrogen-bond acceptors (Lipinski definition) is 10. The molecule has 0 fully saturated rings. The molecule has 11 nitrogen and oxygen atoms in total. The van der Waals surface area contributed by atoms with Gasteiger partial charge in [0, 0.05) is 17.6 Å². The van der Waals surface area contributed by atoms with Crippen molar-refractivity contribution in [1.82, 2.24) is 0 Å². The van der Waals surface area contributed by atoms with E-state index < -0.39 is 0 Å². The molecule has 2 aromatic carbocycles. The van der Waals surface area contributed by atoms with Gasteiger partial charge in [0.05, 0.1) is 41.7 Å². The van der Waals surface area contributed by atoms with Crippen molar-refractivity contribution in [1.29, 1.82) is 10.5 Å². The molecule has 0 aromatic heterocycles. The number of rotatable bonds is 12. The molecule has 0 aliphatic heterocycles. The fraction of sp³-hybridized carbons (Fsp3) is 0.393. The minimum Gasteiger partial charge on any atom is -0.464 e. The van der Waals surface area contributed by atoms with Gasteiger partial charge in [0.25, 0.3) is 0 Å². The Balaban J connectivity index is 2.42. The second-order valence-electron chi connectivity index (χ2n) is 9.29. The third-order valence-electron chi connectivity index (χ3n) is 5.38. The summed E-state index contributed by atoms with van der Waals surface area (Å²) in [5, 5.41) is 30.1. The van der Waals surface area contributed by atoms with Gasteiger partial charge in [-0.25, -0.2) is 0 Å². The van der Waals surface area contributed by atoms with E-state index in [0.717, 1.165) is 0 Å². The summed E-state index contributed by atoms with van der Waals surface area (Å²) in [6, 6.07) is 11.6. The van der Waals surface area contributed by atoms with Gasteiger partial charge in [0.15, 0.2) is 0 Å². The van der Waals surface area contributed by atoms with E-state index in [9.17, 15) is 24.9 Å². The van der Waals surface area contributed by atoms with Crippen molar-refractivity contribution in [3.8, 4) is 12.1 Å². The van der Waals surface area contributed by atoms with E-state index in [4.69, 9.17) is 21.1 Å². The lowest BCUT2D eigenvalue weighted by atomic mass is 10.1. The molecule has 0 aliphatic carbocycles. The Kier molecular flexibility index (Phi) is 12.1. The molecule has 0 bridgehead atoms. The van der Waals surface area contributed by atoms with E-state index in [0.29, 0.717) is 24.5 Å². The fourth-order valence-corrected chi connectivity index (χ4v) is 3.51. The molecule has 1 N–H and O–H groups in total. The summed E-state index contributed by atoms with van der Waals surface area (Å²) >= 11 is 5.98. The number of esters is 2. The number of nitrogens with zero attached hydrogens (tertiary/aromatic N) is 5. The Morgan fingerprint density at radius 2 is 1.45 bits per heavy atom. The van der Waals surface area contributed by atoms with Crippen molar-refractivity contribution >= 4 is 52.2 Å². The Labute approximate surface area is 238 Å². The first kappa shape index (κ1) is 31.7. The van der Waals surface area contributed by atoms with E-state index >= 15 is 0 Å².